The Morgan fingerprint density at radius 3 is 2.65 bits per heavy atom. The smallest absolute Gasteiger partial charge is 0.257 e. The van der Waals surface area contributed by atoms with Crippen molar-refractivity contribution < 1.29 is 9.59 Å². The molecule has 0 saturated carbocycles. The van der Waals surface area contributed by atoms with Crippen molar-refractivity contribution in [2.75, 3.05) is 31.5 Å². The Morgan fingerprint density at radius 1 is 1.03 bits per heavy atom. The van der Waals surface area contributed by atoms with Crippen LogP contribution in [0.4, 0.5) is 5.69 Å². The minimum atomic E-state index is -0.176. The molecule has 0 spiro atoms. The number of carbonyl (C=O) groups is 2. The second-order valence-corrected chi connectivity index (χ2v) is 7.98. The van der Waals surface area contributed by atoms with E-state index in [0.29, 0.717) is 23.4 Å². The third kappa shape index (κ3) is 4.49. The minimum Gasteiger partial charge on any atom is -0.358 e. The summed E-state index contributed by atoms with van der Waals surface area (Å²) in [6, 6.07) is 12.9. The lowest BCUT2D eigenvalue weighted by molar-refractivity contribution is 0.0947. The summed E-state index contributed by atoms with van der Waals surface area (Å²) in [6.45, 7) is 7.56. The van der Waals surface area contributed by atoms with Crippen LogP contribution in [0.3, 0.4) is 0 Å². The van der Waals surface area contributed by atoms with E-state index in [2.05, 4.69) is 40.4 Å². The first-order valence-electron chi connectivity index (χ1n) is 11.1. The Morgan fingerprint density at radius 2 is 1.84 bits per heavy atom. The second kappa shape index (κ2) is 9.35. The van der Waals surface area contributed by atoms with Gasteiger partial charge in [0.15, 0.2) is 0 Å². The van der Waals surface area contributed by atoms with Crippen LogP contribution in [0.15, 0.2) is 42.5 Å². The fraction of sp³-hybridized carbons (Fsp3) is 0.360. The summed E-state index contributed by atoms with van der Waals surface area (Å²) in [5.41, 5.74) is 5.26. The van der Waals surface area contributed by atoms with E-state index in [4.69, 9.17) is 0 Å². The number of hydrogen-bond acceptors (Lipinski definition) is 3. The number of benzene rings is 2. The Hall–Kier alpha value is -3.12. The van der Waals surface area contributed by atoms with Crippen molar-refractivity contribution in [1.82, 2.24) is 15.2 Å². The number of nitrogens with zero attached hydrogens (tertiary/aromatic N) is 1. The van der Waals surface area contributed by atoms with Crippen LogP contribution >= 0.6 is 0 Å². The SMILES string of the molecule is CCN(CC)CCNC(=O)c1cccc(NC(=O)c2cccc3c4c([nH]c23)CCC4)c1. The van der Waals surface area contributed by atoms with Crippen molar-refractivity contribution in [3.63, 3.8) is 0 Å². The fourth-order valence-corrected chi connectivity index (χ4v) is 4.36. The van der Waals surface area contributed by atoms with Gasteiger partial charge in [-0.3, -0.25) is 9.59 Å². The third-order valence-electron chi connectivity index (χ3n) is 6.12. The molecule has 0 unspecified atom stereocenters. The van der Waals surface area contributed by atoms with Crippen LogP contribution in [0.1, 0.15) is 52.2 Å². The van der Waals surface area contributed by atoms with Gasteiger partial charge in [0.1, 0.15) is 0 Å². The maximum atomic E-state index is 13.0. The van der Waals surface area contributed by atoms with Crippen molar-refractivity contribution >= 4 is 28.4 Å². The molecule has 4 rings (SSSR count). The van der Waals surface area contributed by atoms with Gasteiger partial charge in [0.05, 0.1) is 11.1 Å². The lowest BCUT2D eigenvalue weighted by atomic mass is 10.1. The first-order chi connectivity index (χ1) is 15.1. The molecular formula is C25H30N4O2. The minimum absolute atomic E-state index is 0.133. The molecule has 3 N–H and O–H groups in total. The molecule has 0 saturated heterocycles. The quantitative estimate of drug-likeness (QED) is 0.518. The zero-order valence-electron chi connectivity index (χ0n) is 18.3. The molecule has 31 heavy (non-hydrogen) atoms. The van der Waals surface area contributed by atoms with Crippen molar-refractivity contribution in [2.45, 2.75) is 33.1 Å². The summed E-state index contributed by atoms with van der Waals surface area (Å²) in [5, 5.41) is 7.05. The van der Waals surface area contributed by atoms with Crippen LogP contribution in [0.2, 0.25) is 0 Å². The normalized spacial score (nSPS) is 12.9. The predicted octanol–water partition coefficient (Wildman–Crippen LogP) is 3.98. The van der Waals surface area contributed by atoms with Crippen LogP contribution in [-0.2, 0) is 12.8 Å². The number of hydrogen-bond donors (Lipinski definition) is 3. The molecule has 0 fully saturated rings. The van der Waals surface area contributed by atoms with Gasteiger partial charge in [-0.15, -0.1) is 0 Å². The first kappa shape index (κ1) is 21.1. The van der Waals surface area contributed by atoms with Crippen LogP contribution in [-0.4, -0.2) is 47.9 Å². The molecule has 6 nitrogen and oxygen atoms in total. The van der Waals surface area contributed by atoms with Gasteiger partial charge in [-0.1, -0.05) is 32.0 Å². The van der Waals surface area contributed by atoms with Gasteiger partial charge in [0, 0.05) is 35.4 Å². The van der Waals surface area contributed by atoms with Crippen molar-refractivity contribution in [1.29, 1.82) is 0 Å². The number of fused-ring (bicyclic) bond motifs is 3. The number of likely N-dealkylation sites (N-methyl/N-ethyl adjacent to an activating group) is 1. The van der Waals surface area contributed by atoms with E-state index in [1.165, 1.54) is 11.3 Å². The summed E-state index contributed by atoms with van der Waals surface area (Å²) in [4.78, 5) is 31.2. The summed E-state index contributed by atoms with van der Waals surface area (Å²) in [6.07, 6.45) is 3.26. The van der Waals surface area contributed by atoms with Gasteiger partial charge in [0.25, 0.3) is 11.8 Å². The van der Waals surface area contributed by atoms with Gasteiger partial charge in [-0.05, 0) is 62.2 Å². The molecular weight excluding hydrogens is 388 g/mol. The highest BCUT2D eigenvalue weighted by molar-refractivity contribution is 6.13. The predicted molar refractivity (Wildman–Crippen MR) is 125 cm³/mol. The Balaban J connectivity index is 1.45. The Labute approximate surface area is 183 Å². The largest absolute Gasteiger partial charge is 0.358 e. The molecule has 0 aliphatic heterocycles. The molecule has 1 heterocycles. The molecule has 2 amide bonds. The zero-order valence-corrected chi connectivity index (χ0v) is 18.3. The van der Waals surface area contributed by atoms with Gasteiger partial charge < -0.3 is 20.5 Å². The van der Waals surface area contributed by atoms with E-state index in [1.54, 1.807) is 24.3 Å². The fourth-order valence-electron chi connectivity index (χ4n) is 4.36. The lowest BCUT2D eigenvalue weighted by Crippen LogP contribution is -2.34. The summed E-state index contributed by atoms with van der Waals surface area (Å²) >= 11 is 0. The van der Waals surface area contributed by atoms with Crippen molar-refractivity contribution in [2.24, 2.45) is 0 Å². The molecule has 0 bridgehead atoms. The second-order valence-electron chi connectivity index (χ2n) is 7.98. The van der Waals surface area contributed by atoms with Gasteiger partial charge in [0.2, 0.25) is 0 Å². The number of aromatic amines is 1. The number of aromatic nitrogens is 1. The Kier molecular flexibility index (Phi) is 6.37. The molecule has 6 heteroatoms. The highest BCUT2D eigenvalue weighted by Crippen LogP contribution is 2.31. The number of H-pyrrole nitrogens is 1. The summed E-state index contributed by atoms with van der Waals surface area (Å²) in [7, 11) is 0. The zero-order chi connectivity index (χ0) is 21.8. The molecule has 2 aromatic carbocycles. The molecule has 162 valence electrons. The number of para-hydroxylation sites is 1. The van der Waals surface area contributed by atoms with Gasteiger partial charge in [-0.2, -0.15) is 0 Å². The van der Waals surface area contributed by atoms with E-state index in [9.17, 15) is 9.59 Å². The number of anilines is 1. The topological polar surface area (TPSA) is 77.2 Å². The summed E-state index contributed by atoms with van der Waals surface area (Å²) < 4.78 is 0. The Bertz CT molecular complexity index is 1100. The number of amides is 2. The number of nitrogens with one attached hydrogen (secondary N) is 3. The molecule has 1 aromatic heterocycles. The van der Waals surface area contributed by atoms with E-state index in [0.717, 1.165) is 49.8 Å². The average Bonchev–Trinajstić information content (AvgIpc) is 3.38. The molecule has 0 atom stereocenters. The number of aryl methyl sites for hydroxylation is 2. The lowest BCUT2D eigenvalue weighted by Gasteiger charge is -2.18. The average molecular weight is 419 g/mol. The van der Waals surface area contributed by atoms with E-state index >= 15 is 0 Å². The van der Waals surface area contributed by atoms with E-state index in [1.807, 2.05) is 12.1 Å². The first-order valence-corrected chi connectivity index (χ1v) is 11.1. The molecule has 0 radical (unpaired) electrons. The van der Waals surface area contributed by atoms with Crippen molar-refractivity contribution in [3.05, 3.63) is 64.8 Å². The molecule has 1 aliphatic carbocycles. The van der Waals surface area contributed by atoms with Crippen LogP contribution in [0, 0.1) is 0 Å². The third-order valence-corrected chi connectivity index (χ3v) is 6.12. The standard InChI is InChI=1S/C25H30N4O2/c1-3-29(4-2)15-14-26-24(30)17-8-5-9-18(16-17)27-25(31)21-12-6-11-20-19-10-7-13-22(19)28-23(20)21/h5-6,8-9,11-12,16,28H,3-4,7,10,13-15H2,1-2H3,(H,26,30)(H,27,31). The van der Waals surface area contributed by atoms with Crippen molar-refractivity contribution in [3.8, 4) is 0 Å². The van der Waals surface area contributed by atoms with Crippen LogP contribution in [0.25, 0.3) is 10.9 Å². The monoisotopic (exact) mass is 418 g/mol. The maximum Gasteiger partial charge on any atom is 0.257 e. The number of rotatable bonds is 8. The summed E-state index contributed by atoms with van der Waals surface area (Å²) in [5.74, 6) is -0.309. The van der Waals surface area contributed by atoms with E-state index in [-0.39, 0.29) is 11.8 Å². The van der Waals surface area contributed by atoms with E-state index < -0.39 is 0 Å². The highest BCUT2D eigenvalue weighted by Gasteiger charge is 2.20. The van der Waals surface area contributed by atoms with Crippen LogP contribution < -0.4 is 10.6 Å². The van der Waals surface area contributed by atoms with Crippen LogP contribution in [0.5, 0.6) is 0 Å². The number of carbonyl (C=O) groups excluding carboxylic acids is 2. The van der Waals surface area contributed by atoms with Gasteiger partial charge in [-0.25, -0.2) is 0 Å². The molecule has 1 aliphatic rings. The maximum absolute atomic E-state index is 13.0. The highest BCUT2D eigenvalue weighted by atomic mass is 16.2. The van der Waals surface area contributed by atoms with Gasteiger partial charge >= 0.3 is 0 Å². The molecule has 3 aromatic rings.